The summed E-state index contributed by atoms with van der Waals surface area (Å²) in [6.07, 6.45) is 9.46. The van der Waals surface area contributed by atoms with Crippen molar-refractivity contribution in [3.8, 4) is 11.3 Å². The third-order valence-corrected chi connectivity index (χ3v) is 5.49. The Morgan fingerprint density at radius 3 is 2.93 bits per heavy atom. The fourth-order valence-electron chi connectivity index (χ4n) is 3.93. The number of aromatic amines is 1. The van der Waals surface area contributed by atoms with Crippen molar-refractivity contribution in [2.45, 2.75) is 45.1 Å². The number of rotatable bonds is 4. The fourth-order valence-corrected chi connectivity index (χ4v) is 3.93. The molecule has 0 aromatic carbocycles. The number of nitrogens with one attached hydrogen (secondary N) is 2. The third kappa shape index (κ3) is 3.24. The summed E-state index contributed by atoms with van der Waals surface area (Å²) < 4.78 is 15.6. The molecule has 4 heterocycles. The highest BCUT2D eigenvalue weighted by Crippen LogP contribution is 2.28. The molecule has 1 aliphatic carbocycles. The molecule has 1 atom stereocenters. The largest absolute Gasteiger partial charge is 0.367 e. The maximum Gasteiger partial charge on any atom is 0.161 e. The molecule has 0 saturated heterocycles. The molecule has 7 nitrogen and oxygen atoms in total. The van der Waals surface area contributed by atoms with E-state index in [1.54, 1.807) is 6.20 Å². The van der Waals surface area contributed by atoms with Crippen LogP contribution in [-0.4, -0.2) is 35.8 Å². The Morgan fingerprint density at radius 2 is 2.10 bits per heavy atom. The van der Waals surface area contributed by atoms with Gasteiger partial charge in [0.25, 0.3) is 0 Å². The highest BCUT2D eigenvalue weighted by molar-refractivity contribution is 5.67. The molecular weight excluding hydrogens is 369 g/mol. The number of hydrogen-bond donors (Lipinski definition) is 2. The van der Waals surface area contributed by atoms with Gasteiger partial charge in [-0.3, -0.25) is 10.1 Å². The van der Waals surface area contributed by atoms with Crippen LogP contribution >= 0.6 is 0 Å². The monoisotopic (exact) mass is 391 g/mol. The number of anilines is 1. The molecule has 148 valence electrons. The van der Waals surface area contributed by atoms with Gasteiger partial charge in [0.05, 0.1) is 24.3 Å². The molecule has 8 heteroatoms. The normalized spacial score (nSPS) is 16.3. The summed E-state index contributed by atoms with van der Waals surface area (Å²) in [6.45, 7) is 4.23. The Morgan fingerprint density at radius 1 is 1.21 bits per heavy atom. The number of hydrogen-bond acceptors (Lipinski definition) is 5. The second kappa shape index (κ2) is 6.95. The van der Waals surface area contributed by atoms with E-state index in [4.69, 9.17) is 4.98 Å². The van der Waals surface area contributed by atoms with Crippen molar-refractivity contribution in [3.63, 3.8) is 0 Å². The number of nitrogens with zero attached hydrogens (tertiary/aromatic N) is 5. The van der Waals surface area contributed by atoms with E-state index >= 15 is 0 Å². The molecule has 0 amide bonds. The lowest BCUT2D eigenvalue weighted by molar-refractivity contribution is 0.598. The zero-order chi connectivity index (χ0) is 20.0. The van der Waals surface area contributed by atoms with Gasteiger partial charge in [-0.2, -0.15) is 14.7 Å². The Labute approximate surface area is 167 Å². The van der Waals surface area contributed by atoms with Crippen LogP contribution in [0.25, 0.3) is 16.9 Å². The van der Waals surface area contributed by atoms with Crippen LogP contribution in [0, 0.1) is 5.82 Å². The molecule has 0 radical (unpaired) electrons. The first kappa shape index (κ1) is 17.8. The van der Waals surface area contributed by atoms with E-state index in [9.17, 15) is 4.39 Å². The Hall–Kier alpha value is -3.29. The van der Waals surface area contributed by atoms with Gasteiger partial charge < -0.3 is 5.32 Å². The number of aryl methyl sites for hydroxylation is 1. The van der Waals surface area contributed by atoms with Crippen molar-refractivity contribution in [2.75, 3.05) is 5.32 Å². The molecule has 2 N–H and O–H groups in total. The van der Waals surface area contributed by atoms with E-state index in [0.717, 1.165) is 36.3 Å². The summed E-state index contributed by atoms with van der Waals surface area (Å²) in [4.78, 5) is 8.77. The van der Waals surface area contributed by atoms with Gasteiger partial charge in [-0.1, -0.05) is 13.8 Å². The minimum Gasteiger partial charge on any atom is -0.367 e. The standard InChI is InChI=1S/C21H22FN7/c1-12(2)17-11-25-29-20(26-16-4-3-13-9-24-28-19(13)6-16)7-18(27-21(17)29)14-5-15(22)10-23-8-14/h5,7-12,16,26H,3-4,6H2,1-2H3,(H,24,28). The molecule has 0 aliphatic heterocycles. The summed E-state index contributed by atoms with van der Waals surface area (Å²) in [5.74, 6) is 0.737. The topological polar surface area (TPSA) is 83.8 Å². The van der Waals surface area contributed by atoms with Gasteiger partial charge in [0.2, 0.25) is 0 Å². The van der Waals surface area contributed by atoms with E-state index in [2.05, 4.69) is 39.4 Å². The van der Waals surface area contributed by atoms with Gasteiger partial charge in [-0.25, -0.2) is 9.37 Å². The van der Waals surface area contributed by atoms with E-state index in [0.29, 0.717) is 11.3 Å². The highest BCUT2D eigenvalue weighted by Gasteiger charge is 2.22. The molecule has 4 aromatic heterocycles. The number of H-pyrrole nitrogens is 1. The molecule has 29 heavy (non-hydrogen) atoms. The van der Waals surface area contributed by atoms with Crippen LogP contribution in [0.3, 0.4) is 0 Å². The average Bonchev–Trinajstić information content (AvgIpc) is 3.34. The minimum atomic E-state index is -0.379. The van der Waals surface area contributed by atoms with Gasteiger partial charge in [0, 0.05) is 41.5 Å². The quantitative estimate of drug-likeness (QED) is 0.554. The first-order valence-electron chi connectivity index (χ1n) is 9.85. The number of fused-ring (bicyclic) bond motifs is 2. The SMILES string of the molecule is CC(C)c1cnn2c(NC3CCc4cn[nH]c4C3)cc(-c3cncc(F)c3)nc12. The van der Waals surface area contributed by atoms with Crippen LogP contribution in [0.2, 0.25) is 0 Å². The molecule has 0 saturated carbocycles. The summed E-state index contributed by atoms with van der Waals surface area (Å²) in [5.41, 5.74) is 5.62. The maximum absolute atomic E-state index is 13.8. The van der Waals surface area contributed by atoms with Gasteiger partial charge in [0.15, 0.2) is 5.65 Å². The smallest absolute Gasteiger partial charge is 0.161 e. The molecule has 5 rings (SSSR count). The van der Waals surface area contributed by atoms with Crippen molar-refractivity contribution in [3.05, 3.63) is 59.6 Å². The summed E-state index contributed by atoms with van der Waals surface area (Å²) >= 11 is 0. The summed E-state index contributed by atoms with van der Waals surface area (Å²) in [5, 5.41) is 15.5. The van der Waals surface area contributed by atoms with Crippen molar-refractivity contribution in [1.29, 1.82) is 0 Å². The van der Waals surface area contributed by atoms with E-state index in [-0.39, 0.29) is 17.8 Å². The molecule has 4 aromatic rings. The minimum absolute atomic E-state index is 0.249. The zero-order valence-corrected chi connectivity index (χ0v) is 16.4. The Kier molecular flexibility index (Phi) is 4.26. The molecule has 0 fully saturated rings. The van der Waals surface area contributed by atoms with Gasteiger partial charge in [-0.05, 0) is 30.4 Å². The van der Waals surface area contributed by atoms with Crippen LogP contribution in [0.5, 0.6) is 0 Å². The van der Waals surface area contributed by atoms with Crippen LogP contribution in [0.1, 0.15) is 43.0 Å². The average molecular weight is 391 g/mol. The second-order valence-corrected chi connectivity index (χ2v) is 7.87. The maximum atomic E-state index is 13.8. The van der Waals surface area contributed by atoms with Crippen molar-refractivity contribution < 1.29 is 4.39 Å². The fraction of sp³-hybridized carbons (Fsp3) is 0.333. The van der Waals surface area contributed by atoms with Crippen molar-refractivity contribution >= 4 is 11.5 Å². The van der Waals surface area contributed by atoms with E-state index in [1.165, 1.54) is 23.5 Å². The molecule has 1 aliphatic rings. The van der Waals surface area contributed by atoms with E-state index in [1.807, 2.05) is 23.0 Å². The summed E-state index contributed by atoms with van der Waals surface area (Å²) in [6, 6.07) is 3.63. The molecular formula is C21H22FN7. The Bertz CT molecular complexity index is 1180. The van der Waals surface area contributed by atoms with Crippen LogP contribution in [0.15, 0.2) is 36.9 Å². The van der Waals surface area contributed by atoms with E-state index < -0.39 is 0 Å². The first-order chi connectivity index (χ1) is 14.1. The van der Waals surface area contributed by atoms with Crippen molar-refractivity contribution in [2.24, 2.45) is 0 Å². The lowest BCUT2D eigenvalue weighted by Gasteiger charge is -2.24. The van der Waals surface area contributed by atoms with Crippen LogP contribution in [0.4, 0.5) is 10.2 Å². The predicted octanol–water partition coefficient (Wildman–Crippen LogP) is 3.75. The van der Waals surface area contributed by atoms with Gasteiger partial charge >= 0.3 is 0 Å². The number of halogens is 1. The predicted molar refractivity (Wildman–Crippen MR) is 108 cm³/mol. The van der Waals surface area contributed by atoms with Gasteiger partial charge in [0.1, 0.15) is 11.6 Å². The lowest BCUT2D eigenvalue weighted by Crippen LogP contribution is -2.28. The zero-order valence-electron chi connectivity index (χ0n) is 16.4. The number of aromatic nitrogens is 6. The molecule has 1 unspecified atom stereocenters. The highest BCUT2D eigenvalue weighted by atomic mass is 19.1. The second-order valence-electron chi connectivity index (χ2n) is 7.87. The van der Waals surface area contributed by atoms with Gasteiger partial charge in [-0.15, -0.1) is 0 Å². The molecule has 0 spiro atoms. The Balaban J connectivity index is 1.58. The van der Waals surface area contributed by atoms with Crippen LogP contribution in [-0.2, 0) is 12.8 Å². The summed E-state index contributed by atoms with van der Waals surface area (Å²) in [7, 11) is 0. The third-order valence-electron chi connectivity index (χ3n) is 5.49. The number of pyridine rings is 1. The molecule has 0 bridgehead atoms. The first-order valence-corrected chi connectivity index (χ1v) is 9.85. The lowest BCUT2D eigenvalue weighted by atomic mass is 9.94. The van der Waals surface area contributed by atoms with Crippen molar-refractivity contribution in [1.82, 2.24) is 29.8 Å². The van der Waals surface area contributed by atoms with Crippen LogP contribution < -0.4 is 5.32 Å².